The van der Waals surface area contributed by atoms with Gasteiger partial charge in [-0.15, -0.1) is 5.10 Å². The summed E-state index contributed by atoms with van der Waals surface area (Å²) in [6.07, 6.45) is 5.00. The molecule has 0 aliphatic carbocycles. The highest BCUT2D eigenvalue weighted by atomic mass is 16.5. The van der Waals surface area contributed by atoms with Gasteiger partial charge in [0.15, 0.2) is 5.65 Å². The number of aromatic amines is 1. The molecular weight excluding hydrogens is 500 g/mol. The maximum Gasteiger partial charge on any atom is 0.240 e. The Bertz CT molecular complexity index is 1480. The Balaban J connectivity index is 1.73. The number of aromatic nitrogens is 7. The van der Waals surface area contributed by atoms with Crippen LogP contribution in [0.15, 0.2) is 12.3 Å². The number of nitrogens with one attached hydrogen (secondary N) is 1. The van der Waals surface area contributed by atoms with Crippen LogP contribution in [-0.4, -0.2) is 83.8 Å². The van der Waals surface area contributed by atoms with Crippen LogP contribution in [0.1, 0.15) is 44.6 Å². The second-order valence-corrected chi connectivity index (χ2v) is 9.76. The van der Waals surface area contributed by atoms with E-state index in [1.165, 1.54) is 0 Å². The fourth-order valence-electron chi connectivity index (χ4n) is 4.91. The van der Waals surface area contributed by atoms with Gasteiger partial charge < -0.3 is 19.3 Å². The number of hydrogen-bond acceptors (Lipinski definition) is 9. The molecule has 5 heterocycles. The number of aliphatic hydroxyl groups excluding tert-OH is 1. The Kier molecular flexibility index (Phi) is 7.58. The van der Waals surface area contributed by atoms with Crippen LogP contribution in [-0.2, 0) is 20.1 Å². The first kappa shape index (κ1) is 26.7. The third-order valence-electron chi connectivity index (χ3n) is 6.76. The van der Waals surface area contributed by atoms with Crippen LogP contribution >= 0.6 is 0 Å². The lowest BCUT2D eigenvalue weighted by Crippen LogP contribution is -2.35. The Hall–Kier alpha value is -3.90. The predicted molar refractivity (Wildman–Crippen MR) is 148 cm³/mol. The number of likely N-dealkylation sites (N-methyl/N-ethyl adjacent to an activating group) is 1. The van der Waals surface area contributed by atoms with E-state index in [9.17, 15) is 5.11 Å². The van der Waals surface area contributed by atoms with Gasteiger partial charge in [0.1, 0.15) is 6.10 Å². The molecule has 1 aliphatic heterocycles. The molecule has 4 aromatic rings. The van der Waals surface area contributed by atoms with Crippen LogP contribution in [0.2, 0.25) is 0 Å². The molecule has 0 amide bonds. The first-order valence-corrected chi connectivity index (χ1v) is 13.3. The summed E-state index contributed by atoms with van der Waals surface area (Å²) < 4.78 is 21.7. The molecular formula is C27H36N8O4. The zero-order valence-corrected chi connectivity index (χ0v) is 23.3. The van der Waals surface area contributed by atoms with Gasteiger partial charge in [-0.1, -0.05) is 6.92 Å². The summed E-state index contributed by atoms with van der Waals surface area (Å²) in [5.74, 6) is 1.60. The Morgan fingerprint density at radius 1 is 1.23 bits per heavy atom. The minimum absolute atomic E-state index is 0.158. The minimum Gasteiger partial charge on any atom is -0.480 e. The predicted octanol–water partition coefficient (Wildman–Crippen LogP) is 3.12. The first-order chi connectivity index (χ1) is 18.8. The Labute approximate surface area is 227 Å². The molecule has 208 valence electrons. The number of H-pyrrole nitrogens is 1. The van der Waals surface area contributed by atoms with Crippen molar-refractivity contribution < 1.29 is 19.3 Å². The van der Waals surface area contributed by atoms with Crippen molar-refractivity contribution in [1.82, 2.24) is 39.6 Å². The lowest BCUT2D eigenvalue weighted by atomic mass is 10.1. The first-order valence-electron chi connectivity index (χ1n) is 13.3. The number of aryl methyl sites for hydroxylation is 1. The quantitative estimate of drug-likeness (QED) is 0.382. The molecule has 2 N–H and O–H groups in total. The zero-order valence-electron chi connectivity index (χ0n) is 23.3. The van der Waals surface area contributed by atoms with Gasteiger partial charge in [0.2, 0.25) is 17.6 Å². The highest BCUT2D eigenvalue weighted by Crippen LogP contribution is 2.38. The SMILES string of the molecule is CCOc1nn(C[C@H](C)O)c2c1/C=C/c1[nH]nc3nc(OC)c(cc13)-c1cnn(C)c1O[C@@H](C)CN(CC)C2. The van der Waals surface area contributed by atoms with Crippen LogP contribution in [0.5, 0.6) is 17.6 Å². The number of fused-ring (bicyclic) bond motifs is 4. The van der Waals surface area contributed by atoms with Crippen molar-refractivity contribution >= 4 is 23.2 Å². The Morgan fingerprint density at radius 2 is 2.05 bits per heavy atom. The van der Waals surface area contributed by atoms with Gasteiger partial charge in [0, 0.05) is 25.5 Å². The average Bonchev–Trinajstić information content (AvgIpc) is 3.56. The molecule has 12 nitrogen and oxygen atoms in total. The van der Waals surface area contributed by atoms with Gasteiger partial charge >= 0.3 is 0 Å². The summed E-state index contributed by atoms with van der Waals surface area (Å²) in [5.41, 5.74) is 4.67. The molecule has 2 bridgehead atoms. The van der Waals surface area contributed by atoms with E-state index >= 15 is 0 Å². The molecule has 0 spiro atoms. The van der Waals surface area contributed by atoms with E-state index in [4.69, 9.17) is 19.3 Å². The molecule has 12 heteroatoms. The van der Waals surface area contributed by atoms with E-state index < -0.39 is 6.10 Å². The maximum atomic E-state index is 10.2. The van der Waals surface area contributed by atoms with E-state index in [1.807, 2.05) is 43.8 Å². The molecule has 1 aliphatic rings. The normalized spacial score (nSPS) is 17.7. The molecule has 0 radical (unpaired) electrons. The number of hydrogen-bond donors (Lipinski definition) is 2. The second-order valence-electron chi connectivity index (χ2n) is 9.76. The van der Waals surface area contributed by atoms with Gasteiger partial charge in [-0.3, -0.25) is 14.7 Å². The van der Waals surface area contributed by atoms with Crippen molar-refractivity contribution in [2.45, 2.75) is 53.0 Å². The summed E-state index contributed by atoms with van der Waals surface area (Å²) in [7, 11) is 3.45. The smallest absolute Gasteiger partial charge is 0.240 e. The fraction of sp³-hybridized carbons (Fsp3) is 0.481. The van der Waals surface area contributed by atoms with Gasteiger partial charge in [0.05, 0.1) is 60.6 Å². The van der Waals surface area contributed by atoms with Crippen molar-refractivity contribution in [3.63, 3.8) is 0 Å². The molecule has 0 aromatic carbocycles. The van der Waals surface area contributed by atoms with Crippen molar-refractivity contribution in [3.8, 4) is 28.8 Å². The summed E-state index contributed by atoms with van der Waals surface area (Å²) in [6, 6.07) is 2.00. The number of methoxy groups -OCH3 is 1. The fourth-order valence-corrected chi connectivity index (χ4v) is 4.91. The average molecular weight is 537 g/mol. The second kappa shape index (κ2) is 11.1. The number of ether oxygens (including phenoxy) is 3. The lowest BCUT2D eigenvalue weighted by Gasteiger charge is -2.26. The molecule has 0 saturated carbocycles. The number of pyridine rings is 1. The zero-order chi connectivity index (χ0) is 27.7. The third kappa shape index (κ3) is 5.21. The molecule has 0 fully saturated rings. The van der Waals surface area contributed by atoms with E-state index in [2.05, 4.69) is 32.1 Å². The maximum absolute atomic E-state index is 10.2. The molecule has 39 heavy (non-hydrogen) atoms. The van der Waals surface area contributed by atoms with Crippen LogP contribution in [0.4, 0.5) is 0 Å². The number of rotatable bonds is 6. The van der Waals surface area contributed by atoms with Crippen molar-refractivity contribution in [1.29, 1.82) is 0 Å². The van der Waals surface area contributed by atoms with Gasteiger partial charge in [-0.2, -0.15) is 15.2 Å². The van der Waals surface area contributed by atoms with Crippen LogP contribution in [0.3, 0.4) is 0 Å². The highest BCUT2D eigenvalue weighted by molar-refractivity contribution is 5.92. The number of aliphatic hydroxyl groups is 1. The standard InChI is InChI=1S/C27H36N8O4/c1-7-34-14-17(4)39-27-21(12-28-33(27)5)19-11-20-22(30-31-24(20)29-25(19)37-6)10-9-18-23(15-34)35(13-16(3)36)32-26(18)38-8-2/h9-12,16-17,36H,7-8,13-15H2,1-6H3,(H,29,30,31)/b10-9+/t16-,17-/m0/s1. The summed E-state index contributed by atoms with van der Waals surface area (Å²) in [4.78, 5) is 6.96. The largest absolute Gasteiger partial charge is 0.480 e. The van der Waals surface area contributed by atoms with Crippen molar-refractivity contribution in [3.05, 3.63) is 29.2 Å². The summed E-state index contributed by atoms with van der Waals surface area (Å²) >= 11 is 0. The van der Waals surface area contributed by atoms with Crippen molar-refractivity contribution in [2.75, 3.05) is 26.8 Å². The van der Waals surface area contributed by atoms with E-state index in [1.54, 1.807) is 24.9 Å². The molecule has 4 aromatic heterocycles. The van der Waals surface area contributed by atoms with Gasteiger partial charge in [0.25, 0.3) is 0 Å². The van der Waals surface area contributed by atoms with Gasteiger partial charge in [-0.25, -0.2) is 4.68 Å². The van der Waals surface area contributed by atoms with Crippen molar-refractivity contribution in [2.24, 2.45) is 7.05 Å². The topological polar surface area (TPSA) is 128 Å². The Morgan fingerprint density at radius 3 is 2.77 bits per heavy atom. The molecule has 0 saturated heterocycles. The van der Waals surface area contributed by atoms with Crippen LogP contribution < -0.4 is 14.2 Å². The lowest BCUT2D eigenvalue weighted by molar-refractivity contribution is 0.131. The summed E-state index contributed by atoms with van der Waals surface area (Å²) in [5, 5.41) is 27.8. The van der Waals surface area contributed by atoms with Crippen LogP contribution in [0.25, 0.3) is 34.3 Å². The monoisotopic (exact) mass is 536 g/mol. The van der Waals surface area contributed by atoms with E-state index in [0.717, 1.165) is 40.0 Å². The molecule has 5 rings (SSSR count). The van der Waals surface area contributed by atoms with Crippen LogP contribution in [0, 0.1) is 0 Å². The summed E-state index contributed by atoms with van der Waals surface area (Å²) in [6.45, 7) is 10.7. The third-order valence-corrected chi connectivity index (χ3v) is 6.76. The molecule has 2 atom stereocenters. The highest BCUT2D eigenvalue weighted by Gasteiger charge is 2.25. The molecule has 0 unspecified atom stereocenters. The number of nitrogens with zero attached hydrogens (tertiary/aromatic N) is 7. The van der Waals surface area contributed by atoms with E-state index in [0.29, 0.717) is 49.5 Å². The van der Waals surface area contributed by atoms with E-state index in [-0.39, 0.29) is 6.10 Å². The van der Waals surface area contributed by atoms with Gasteiger partial charge in [-0.05, 0) is 45.5 Å². The minimum atomic E-state index is -0.569.